The van der Waals surface area contributed by atoms with Crippen LogP contribution in [0.15, 0.2) is 24.4 Å². The molecule has 1 aromatic heterocycles. The van der Waals surface area contributed by atoms with Crippen molar-refractivity contribution >= 4 is 11.9 Å². The summed E-state index contributed by atoms with van der Waals surface area (Å²) in [5.74, 6) is -1.42. The van der Waals surface area contributed by atoms with Gasteiger partial charge in [-0.25, -0.2) is 9.48 Å². The van der Waals surface area contributed by atoms with E-state index in [1.54, 1.807) is 4.68 Å². The Morgan fingerprint density at radius 1 is 1.28 bits per heavy atom. The van der Waals surface area contributed by atoms with Gasteiger partial charge in [-0.1, -0.05) is 31.9 Å². The fourth-order valence-electron chi connectivity index (χ4n) is 2.72. The molecule has 1 atom stereocenters. The summed E-state index contributed by atoms with van der Waals surface area (Å²) in [7, 11) is 0. The van der Waals surface area contributed by atoms with Crippen LogP contribution in [-0.4, -0.2) is 32.8 Å². The second-order valence-electron chi connectivity index (χ2n) is 6.35. The highest BCUT2D eigenvalue weighted by atomic mass is 16.4. The number of aryl methyl sites for hydroxylation is 2. The number of aromatic nitrogens is 2. The van der Waals surface area contributed by atoms with E-state index in [1.807, 2.05) is 45.9 Å². The number of benzene rings is 1. The number of nitrogens with one attached hydrogen (secondary N) is 1. The number of unbranched alkanes of at least 4 members (excludes halogenated alkanes) is 1. The predicted octanol–water partition coefficient (Wildman–Crippen LogP) is 3.17. The van der Waals surface area contributed by atoms with Crippen molar-refractivity contribution in [2.75, 3.05) is 0 Å². The van der Waals surface area contributed by atoms with Crippen LogP contribution in [0.1, 0.15) is 53.4 Å². The van der Waals surface area contributed by atoms with Crippen LogP contribution in [0.25, 0.3) is 5.69 Å². The van der Waals surface area contributed by atoms with E-state index in [0.29, 0.717) is 17.7 Å². The largest absolute Gasteiger partial charge is 0.480 e. The number of hydrogen-bond acceptors (Lipinski definition) is 3. The summed E-state index contributed by atoms with van der Waals surface area (Å²) in [5.41, 5.74) is 4.15. The maximum Gasteiger partial charge on any atom is 0.326 e. The maximum absolute atomic E-state index is 12.5. The molecule has 0 bridgehead atoms. The molecule has 1 unspecified atom stereocenters. The van der Waals surface area contributed by atoms with E-state index >= 15 is 0 Å². The Labute approximate surface area is 147 Å². The summed E-state index contributed by atoms with van der Waals surface area (Å²) < 4.78 is 1.72. The normalized spacial score (nSPS) is 12.0. The molecule has 2 aromatic rings. The minimum absolute atomic E-state index is 0.392. The molecule has 1 amide bonds. The molecule has 6 nitrogen and oxygen atoms in total. The number of carbonyl (C=O) groups is 2. The van der Waals surface area contributed by atoms with E-state index < -0.39 is 17.9 Å². The van der Waals surface area contributed by atoms with Crippen LogP contribution in [-0.2, 0) is 4.79 Å². The first-order valence-corrected chi connectivity index (χ1v) is 8.51. The Hall–Kier alpha value is -2.63. The lowest BCUT2D eigenvalue weighted by atomic mass is 10.1. The number of carbonyl (C=O) groups excluding carboxylic acids is 1. The Kier molecular flexibility index (Phi) is 5.96. The molecular formula is C19H25N3O3. The molecule has 0 aliphatic carbocycles. The van der Waals surface area contributed by atoms with Gasteiger partial charge >= 0.3 is 5.97 Å². The molecule has 0 saturated heterocycles. The van der Waals surface area contributed by atoms with Gasteiger partial charge < -0.3 is 10.4 Å². The Balaban J connectivity index is 2.26. The van der Waals surface area contributed by atoms with Gasteiger partial charge in [0.1, 0.15) is 6.04 Å². The molecular weight excluding hydrogens is 318 g/mol. The lowest BCUT2D eigenvalue weighted by Gasteiger charge is -2.14. The monoisotopic (exact) mass is 343 g/mol. The average molecular weight is 343 g/mol. The van der Waals surface area contributed by atoms with E-state index in [2.05, 4.69) is 10.4 Å². The highest BCUT2D eigenvalue weighted by Crippen LogP contribution is 2.19. The molecule has 0 aliphatic heterocycles. The number of hydrogen-bond donors (Lipinski definition) is 2. The van der Waals surface area contributed by atoms with E-state index in [-0.39, 0.29) is 0 Å². The summed E-state index contributed by atoms with van der Waals surface area (Å²) in [4.78, 5) is 23.8. The first kappa shape index (κ1) is 18.7. The molecule has 2 N–H and O–H groups in total. The van der Waals surface area contributed by atoms with Gasteiger partial charge in [-0.05, 0) is 44.4 Å². The molecule has 2 rings (SSSR count). The minimum Gasteiger partial charge on any atom is -0.480 e. The first-order valence-electron chi connectivity index (χ1n) is 8.51. The molecule has 25 heavy (non-hydrogen) atoms. The standard InChI is InChI=1S/C19H25N3O3/c1-5-6-7-16(19(24)25)21-18(23)15-11-20-22(14(15)4)17-10-12(2)8-9-13(17)3/h8-11,16H,5-7H2,1-4H3,(H,21,23)(H,24,25). The van der Waals surface area contributed by atoms with Crippen LogP contribution < -0.4 is 5.32 Å². The second-order valence-corrected chi connectivity index (χ2v) is 6.35. The summed E-state index contributed by atoms with van der Waals surface area (Å²) in [6.45, 7) is 7.78. The van der Waals surface area contributed by atoms with Gasteiger partial charge in [0.2, 0.25) is 0 Å². The van der Waals surface area contributed by atoms with Crippen LogP contribution >= 0.6 is 0 Å². The molecule has 0 spiro atoms. The summed E-state index contributed by atoms with van der Waals surface area (Å²) in [6, 6.07) is 5.17. The second kappa shape index (κ2) is 7.96. The summed E-state index contributed by atoms with van der Waals surface area (Å²) in [6.07, 6.45) is 3.54. The van der Waals surface area contributed by atoms with E-state index in [9.17, 15) is 14.7 Å². The lowest BCUT2D eigenvalue weighted by Crippen LogP contribution is -2.40. The zero-order valence-corrected chi connectivity index (χ0v) is 15.2. The molecule has 0 radical (unpaired) electrons. The topological polar surface area (TPSA) is 84.2 Å². The third kappa shape index (κ3) is 4.26. The number of carboxylic acid groups (broad SMARTS) is 1. The van der Waals surface area contributed by atoms with Gasteiger partial charge in [0, 0.05) is 0 Å². The van der Waals surface area contributed by atoms with Gasteiger partial charge in [-0.15, -0.1) is 0 Å². The SMILES string of the molecule is CCCCC(NC(=O)c1cnn(-c2cc(C)ccc2C)c1C)C(=O)O. The van der Waals surface area contributed by atoms with Gasteiger partial charge in [-0.2, -0.15) is 5.10 Å². The van der Waals surface area contributed by atoms with Crippen molar-refractivity contribution in [1.82, 2.24) is 15.1 Å². The molecule has 0 saturated carbocycles. The molecule has 0 fully saturated rings. The third-order valence-corrected chi connectivity index (χ3v) is 4.30. The quantitative estimate of drug-likeness (QED) is 0.809. The Morgan fingerprint density at radius 2 is 2.00 bits per heavy atom. The fourth-order valence-corrected chi connectivity index (χ4v) is 2.72. The number of rotatable bonds is 7. The lowest BCUT2D eigenvalue weighted by molar-refractivity contribution is -0.139. The summed E-state index contributed by atoms with van der Waals surface area (Å²) >= 11 is 0. The van der Waals surface area contributed by atoms with Crippen LogP contribution in [0.5, 0.6) is 0 Å². The van der Waals surface area contributed by atoms with Crippen molar-refractivity contribution in [3.05, 3.63) is 46.8 Å². The minimum atomic E-state index is -1.01. The fraction of sp³-hybridized carbons (Fsp3) is 0.421. The average Bonchev–Trinajstić information content (AvgIpc) is 2.94. The van der Waals surface area contributed by atoms with Crippen molar-refractivity contribution < 1.29 is 14.7 Å². The van der Waals surface area contributed by atoms with Crippen molar-refractivity contribution in [3.8, 4) is 5.69 Å². The van der Waals surface area contributed by atoms with Gasteiger partial charge in [0.05, 0.1) is 23.1 Å². The van der Waals surface area contributed by atoms with Crippen LogP contribution in [0.2, 0.25) is 0 Å². The third-order valence-electron chi connectivity index (χ3n) is 4.30. The van der Waals surface area contributed by atoms with Crippen molar-refractivity contribution in [2.45, 2.75) is 53.0 Å². The maximum atomic E-state index is 12.5. The van der Waals surface area contributed by atoms with Crippen LogP contribution in [0, 0.1) is 20.8 Å². The highest BCUT2D eigenvalue weighted by molar-refractivity contribution is 5.97. The smallest absolute Gasteiger partial charge is 0.326 e. The molecule has 1 heterocycles. The number of carboxylic acids is 1. The molecule has 6 heteroatoms. The van der Waals surface area contributed by atoms with Crippen LogP contribution in [0.4, 0.5) is 0 Å². The Bertz CT molecular complexity index is 780. The van der Waals surface area contributed by atoms with Crippen LogP contribution in [0.3, 0.4) is 0 Å². The molecule has 134 valence electrons. The Morgan fingerprint density at radius 3 is 2.64 bits per heavy atom. The predicted molar refractivity (Wildman–Crippen MR) is 96.2 cm³/mol. The van der Waals surface area contributed by atoms with Crippen molar-refractivity contribution in [2.24, 2.45) is 0 Å². The van der Waals surface area contributed by atoms with Crippen molar-refractivity contribution in [3.63, 3.8) is 0 Å². The number of aliphatic carboxylic acids is 1. The molecule has 0 aliphatic rings. The highest BCUT2D eigenvalue weighted by Gasteiger charge is 2.23. The van der Waals surface area contributed by atoms with Crippen molar-refractivity contribution in [1.29, 1.82) is 0 Å². The van der Waals surface area contributed by atoms with Gasteiger partial charge in [0.15, 0.2) is 0 Å². The zero-order chi connectivity index (χ0) is 18.6. The van der Waals surface area contributed by atoms with E-state index in [1.165, 1.54) is 6.20 Å². The van der Waals surface area contributed by atoms with E-state index in [4.69, 9.17) is 0 Å². The summed E-state index contributed by atoms with van der Waals surface area (Å²) in [5, 5.41) is 16.2. The van der Waals surface area contributed by atoms with Gasteiger partial charge in [-0.3, -0.25) is 4.79 Å². The number of amides is 1. The zero-order valence-electron chi connectivity index (χ0n) is 15.2. The van der Waals surface area contributed by atoms with E-state index in [0.717, 1.165) is 29.7 Å². The molecule has 1 aromatic carbocycles. The first-order chi connectivity index (χ1) is 11.8. The van der Waals surface area contributed by atoms with Gasteiger partial charge in [0.25, 0.3) is 5.91 Å². The number of nitrogens with zero attached hydrogens (tertiary/aromatic N) is 2.